The number of hydrogen-bond donors (Lipinski definition) is 2. The van der Waals surface area contributed by atoms with E-state index in [1.807, 2.05) is 6.92 Å². The Morgan fingerprint density at radius 3 is 2.30 bits per heavy atom. The van der Waals surface area contributed by atoms with E-state index in [9.17, 15) is 9.13 Å². The summed E-state index contributed by atoms with van der Waals surface area (Å²) in [6.45, 7) is 2.00. The minimum absolute atomic E-state index is 0.0257. The molecule has 1 unspecified atom stereocenters. The molecule has 20 heavy (non-hydrogen) atoms. The summed E-state index contributed by atoms with van der Waals surface area (Å²) < 4.78 is 37.2. The van der Waals surface area contributed by atoms with Crippen molar-refractivity contribution in [2.75, 3.05) is 6.61 Å². The van der Waals surface area contributed by atoms with Crippen molar-refractivity contribution in [2.45, 2.75) is 26.2 Å². The molecule has 7 nitrogen and oxygen atoms in total. The number of benzene rings is 1. The summed E-state index contributed by atoms with van der Waals surface area (Å²) in [5.41, 5.74) is 0. The first kappa shape index (κ1) is 17.4. The van der Waals surface area contributed by atoms with Crippen molar-refractivity contribution in [3.05, 3.63) is 30.3 Å². The molecular weight excluding hydrogens is 306 g/mol. The average molecular weight is 324 g/mol. The zero-order valence-electron chi connectivity index (χ0n) is 11.0. The lowest BCUT2D eigenvalue weighted by molar-refractivity contribution is 0.181. The molecule has 1 atom stereocenters. The third-order valence-corrected chi connectivity index (χ3v) is 4.75. The molecule has 0 bridgehead atoms. The molecule has 0 aliphatic carbocycles. The fourth-order valence-electron chi connectivity index (χ4n) is 1.34. The van der Waals surface area contributed by atoms with Crippen LogP contribution in [0, 0.1) is 0 Å². The van der Waals surface area contributed by atoms with Crippen LogP contribution in [0.5, 0.6) is 5.75 Å². The largest absolute Gasteiger partial charge is 0.539 e. The predicted octanol–water partition coefficient (Wildman–Crippen LogP) is 3.49. The highest BCUT2D eigenvalue weighted by atomic mass is 31.3. The van der Waals surface area contributed by atoms with Crippen LogP contribution >= 0.6 is 15.6 Å². The van der Waals surface area contributed by atoms with Crippen LogP contribution < -0.4 is 4.52 Å². The number of para-hydroxylation sites is 1. The lowest BCUT2D eigenvalue weighted by Gasteiger charge is -2.18. The van der Waals surface area contributed by atoms with E-state index in [-0.39, 0.29) is 12.4 Å². The second-order valence-electron chi connectivity index (χ2n) is 3.96. The van der Waals surface area contributed by atoms with Crippen LogP contribution in [0.15, 0.2) is 30.3 Å². The van der Waals surface area contributed by atoms with E-state index in [2.05, 4.69) is 4.31 Å². The lowest BCUT2D eigenvalue weighted by Crippen LogP contribution is -2.03. The Balaban J connectivity index is 2.73. The zero-order chi connectivity index (χ0) is 15.1. The van der Waals surface area contributed by atoms with E-state index in [4.69, 9.17) is 18.8 Å². The van der Waals surface area contributed by atoms with E-state index >= 15 is 0 Å². The third-order valence-electron chi connectivity index (χ3n) is 2.16. The summed E-state index contributed by atoms with van der Waals surface area (Å²) in [7, 11) is -9.36. The molecule has 0 fully saturated rings. The van der Waals surface area contributed by atoms with Gasteiger partial charge in [-0.2, -0.15) is 4.31 Å². The highest BCUT2D eigenvalue weighted by molar-refractivity contribution is 7.61. The summed E-state index contributed by atoms with van der Waals surface area (Å²) >= 11 is 0. The van der Waals surface area contributed by atoms with Crippen molar-refractivity contribution in [1.29, 1.82) is 0 Å². The number of hydrogen-bond acceptors (Lipinski definition) is 5. The molecule has 0 amide bonds. The van der Waals surface area contributed by atoms with E-state index in [1.165, 1.54) is 12.1 Å². The summed E-state index contributed by atoms with van der Waals surface area (Å²) in [6, 6.07) is 7.91. The van der Waals surface area contributed by atoms with Gasteiger partial charge >= 0.3 is 15.6 Å². The Morgan fingerprint density at radius 1 is 1.10 bits per heavy atom. The maximum Gasteiger partial charge on any atom is 0.539 e. The normalized spacial score (nSPS) is 14.8. The SMILES string of the molecule is CCCCCOP(=O)(Oc1ccccc1)OP(=O)(O)O. The molecule has 1 aromatic rings. The predicted molar refractivity (Wildman–Crippen MR) is 73.3 cm³/mol. The number of phosphoric acid groups is 2. The minimum Gasteiger partial charge on any atom is -0.404 e. The van der Waals surface area contributed by atoms with Crippen LogP contribution in [0.4, 0.5) is 0 Å². The van der Waals surface area contributed by atoms with Gasteiger partial charge in [0.15, 0.2) is 0 Å². The van der Waals surface area contributed by atoms with Crippen LogP contribution in [-0.4, -0.2) is 16.4 Å². The fraction of sp³-hybridized carbons (Fsp3) is 0.455. The molecule has 0 radical (unpaired) electrons. The standard InChI is InChI=1S/C11H18O7P2/c1-2-3-7-10-16-20(15,18-19(12,13)14)17-11-8-5-4-6-9-11/h4-6,8-9H,2-3,7,10H2,1H3,(H2,12,13,14). The van der Waals surface area contributed by atoms with Gasteiger partial charge in [-0.3, -0.25) is 4.52 Å². The highest BCUT2D eigenvalue weighted by Crippen LogP contribution is 2.60. The molecule has 0 aromatic heterocycles. The Morgan fingerprint density at radius 2 is 1.75 bits per heavy atom. The second-order valence-corrected chi connectivity index (χ2v) is 6.93. The van der Waals surface area contributed by atoms with Gasteiger partial charge in [-0.1, -0.05) is 38.0 Å². The Kier molecular flexibility index (Phi) is 6.89. The van der Waals surface area contributed by atoms with Gasteiger partial charge in [-0.05, 0) is 18.6 Å². The number of unbranched alkanes of at least 4 members (excludes halogenated alkanes) is 2. The van der Waals surface area contributed by atoms with Gasteiger partial charge in [-0.15, -0.1) is 0 Å². The molecule has 0 spiro atoms. The third kappa shape index (κ3) is 7.20. The lowest BCUT2D eigenvalue weighted by atomic mass is 10.3. The minimum atomic E-state index is -4.99. The monoisotopic (exact) mass is 324 g/mol. The highest BCUT2D eigenvalue weighted by Gasteiger charge is 2.37. The van der Waals surface area contributed by atoms with E-state index in [0.717, 1.165) is 12.8 Å². The molecule has 1 rings (SSSR count). The zero-order valence-corrected chi connectivity index (χ0v) is 12.8. The molecule has 0 saturated carbocycles. The van der Waals surface area contributed by atoms with Crippen molar-refractivity contribution in [2.24, 2.45) is 0 Å². The number of phosphoric ester groups is 1. The van der Waals surface area contributed by atoms with Gasteiger partial charge < -0.3 is 14.3 Å². The summed E-state index contributed by atoms with van der Waals surface area (Å²) in [5, 5.41) is 0. The Bertz CT molecular complexity index is 485. The number of rotatable bonds is 9. The first-order valence-electron chi connectivity index (χ1n) is 6.11. The van der Waals surface area contributed by atoms with Crippen molar-refractivity contribution < 1.29 is 32.3 Å². The van der Waals surface area contributed by atoms with Crippen molar-refractivity contribution >= 4 is 15.6 Å². The Labute approximate surface area is 117 Å². The van der Waals surface area contributed by atoms with Gasteiger partial charge in [0.2, 0.25) is 0 Å². The quantitative estimate of drug-likeness (QED) is 0.529. The molecule has 2 N–H and O–H groups in total. The summed E-state index contributed by atoms with van der Waals surface area (Å²) in [5.74, 6) is 0.139. The van der Waals surface area contributed by atoms with Gasteiger partial charge in [-0.25, -0.2) is 9.13 Å². The van der Waals surface area contributed by atoms with Crippen LogP contribution in [-0.2, 0) is 18.0 Å². The van der Waals surface area contributed by atoms with Crippen LogP contribution in [0.1, 0.15) is 26.2 Å². The second kappa shape index (κ2) is 7.93. The first-order chi connectivity index (χ1) is 9.35. The molecular formula is C11H18O7P2. The molecule has 0 aliphatic heterocycles. The molecule has 0 aliphatic rings. The van der Waals surface area contributed by atoms with Crippen molar-refractivity contribution in [3.63, 3.8) is 0 Å². The van der Waals surface area contributed by atoms with Crippen LogP contribution in [0.2, 0.25) is 0 Å². The molecule has 0 heterocycles. The molecule has 0 saturated heterocycles. The van der Waals surface area contributed by atoms with Gasteiger partial charge in [0, 0.05) is 0 Å². The van der Waals surface area contributed by atoms with Crippen LogP contribution in [0.25, 0.3) is 0 Å². The van der Waals surface area contributed by atoms with Gasteiger partial charge in [0.25, 0.3) is 0 Å². The van der Waals surface area contributed by atoms with Crippen LogP contribution in [0.3, 0.4) is 0 Å². The Hall–Kier alpha value is -0.680. The smallest absolute Gasteiger partial charge is 0.404 e. The van der Waals surface area contributed by atoms with E-state index in [1.54, 1.807) is 18.2 Å². The molecule has 114 valence electrons. The maximum absolute atomic E-state index is 12.2. The summed E-state index contributed by atoms with van der Waals surface area (Å²) in [4.78, 5) is 17.6. The first-order valence-corrected chi connectivity index (χ1v) is 9.10. The van der Waals surface area contributed by atoms with E-state index < -0.39 is 15.6 Å². The van der Waals surface area contributed by atoms with Gasteiger partial charge in [0.05, 0.1) is 6.61 Å². The van der Waals surface area contributed by atoms with E-state index in [0.29, 0.717) is 6.42 Å². The maximum atomic E-state index is 12.2. The fourth-order valence-corrected chi connectivity index (χ4v) is 3.49. The van der Waals surface area contributed by atoms with Crippen molar-refractivity contribution in [1.82, 2.24) is 0 Å². The summed E-state index contributed by atoms with van der Waals surface area (Å²) in [6.07, 6.45) is 2.34. The topological polar surface area (TPSA) is 102 Å². The molecule has 1 aromatic carbocycles. The average Bonchev–Trinajstić information content (AvgIpc) is 2.33. The van der Waals surface area contributed by atoms with Crippen molar-refractivity contribution in [3.8, 4) is 5.75 Å². The van der Waals surface area contributed by atoms with Gasteiger partial charge in [0.1, 0.15) is 5.75 Å². The molecule has 9 heteroatoms.